The van der Waals surface area contributed by atoms with E-state index in [1.807, 2.05) is 39.0 Å². The molecule has 0 spiro atoms. The Hall–Kier alpha value is -4.39. The molecular formula is C29H26N2O5. The molecule has 1 unspecified atom stereocenters. The Kier molecular flexibility index (Phi) is 5.84. The largest absolute Gasteiger partial charge is 0.493 e. The van der Waals surface area contributed by atoms with Gasteiger partial charge in [-0.15, -0.1) is 0 Å². The summed E-state index contributed by atoms with van der Waals surface area (Å²) in [5, 5.41) is 0.436. The first-order chi connectivity index (χ1) is 17.3. The Balaban J connectivity index is 1.77. The molecule has 7 heteroatoms. The summed E-state index contributed by atoms with van der Waals surface area (Å²) in [5.74, 6) is 1.03. The topological polar surface area (TPSA) is 81.9 Å². The van der Waals surface area contributed by atoms with Gasteiger partial charge < -0.3 is 13.9 Å². The smallest absolute Gasteiger partial charge is 0.296 e. The highest BCUT2D eigenvalue weighted by molar-refractivity contribution is 6.10. The minimum absolute atomic E-state index is 0.0223. The number of ether oxygens (including phenoxy) is 2. The lowest BCUT2D eigenvalue weighted by Crippen LogP contribution is -2.30. The predicted octanol–water partition coefficient (Wildman–Crippen LogP) is 5.44. The Labute approximate surface area is 208 Å². The van der Waals surface area contributed by atoms with Crippen LogP contribution in [0.2, 0.25) is 0 Å². The molecule has 0 bridgehead atoms. The highest BCUT2D eigenvalue weighted by Gasteiger charge is 2.44. The van der Waals surface area contributed by atoms with Crippen molar-refractivity contribution in [3.8, 4) is 11.5 Å². The number of hydrogen-bond donors (Lipinski definition) is 0. The van der Waals surface area contributed by atoms with Gasteiger partial charge in [0.25, 0.3) is 5.91 Å². The van der Waals surface area contributed by atoms with Gasteiger partial charge >= 0.3 is 0 Å². The summed E-state index contributed by atoms with van der Waals surface area (Å²) in [7, 11) is 1.54. The lowest BCUT2D eigenvalue weighted by atomic mass is 9.97. The number of carbonyl (C=O) groups is 1. The quantitative estimate of drug-likeness (QED) is 0.341. The number of pyridine rings is 1. The maximum atomic E-state index is 13.9. The van der Waals surface area contributed by atoms with Crippen LogP contribution in [0.15, 0.2) is 70.5 Å². The highest BCUT2D eigenvalue weighted by Crippen LogP contribution is 2.43. The van der Waals surface area contributed by atoms with Crippen LogP contribution in [-0.2, 0) is 0 Å². The molecule has 1 atom stereocenters. The summed E-state index contributed by atoms with van der Waals surface area (Å²) in [4.78, 5) is 33.6. The van der Waals surface area contributed by atoms with Crippen molar-refractivity contribution in [3.05, 3.63) is 105 Å². The van der Waals surface area contributed by atoms with Crippen LogP contribution in [0.3, 0.4) is 0 Å². The number of hydrogen-bond acceptors (Lipinski definition) is 6. The maximum Gasteiger partial charge on any atom is 0.296 e. The van der Waals surface area contributed by atoms with Crippen molar-refractivity contribution in [1.82, 2.24) is 4.98 Å². The van der Waals surface area contributed by atoms with Gasteiger partial charge in [-0.1, -0.05) is 24.8 Å². The van der Waals surface area contributed by atoms with Gasteiger partial charge in [-0.25, -0.2) is 4.98 Å². The van der Waals surface area contributed by atoms with E-state index in [4.69, 9.17) is 13.9 Å². The van der Waals surface area contributed by atoms with Crippen LogP contribution in [0.4, 0.5) is 5.82 Å². The molecule has 0 aliphatic carbocycles. The number of benzene rings is 2. The fourth-order valence-corrected chi connectivity index (χ4v) is 4.50. The van der Waals surface area contributed by atoms with Crippen LogP contribution in [0.1, 0.15) is 44.4 Å². The number of nitrogens with zero attached hydrogens (tertiary/aromatic N) is 2. The summed E-state index contributed by atoms with van der Waals surface area (Å²) < 4.78 is 17.4. The van der Waals surface area contributed by atoms with Crippen molar-refractivity contribution >= 4 is 22.7 Å². The van der Waals surface area contributed by atoms with E-state index in [1.54, 1.807) is 43.6 Å². The average Bonchev–Trinajstić information content (AvgIpc) is 3.17. The van der Waals surface area contributed by atoms with Gasteiger partial charge in [-0.3, -0.25) is 14.5 Å². The molecule has 4 aromatic rings. The molecule has 1 amide bonds. The second-order valence-electron chi connectivity index (χ2n) is 8.89. The van der Waals surface area contributed by atoms with E-state index in [0.717, 1.165) is 16.7 Å². The first-order valence-electron chi connectivity index (χ1n) is 11.6. The van der Waals surface area contributed by atoms with Crippen molar-refractivity contribution in [1.29, 1.82) is 0 Å². The van der Waals surface area contributed by atoms with E-state index in [1.165, 1.54) is 4.90 Å². The molecule has 0 saturated carbocycles. The normalized spacial score (nSPS) is 14.7. The first-order valence-corrected chi connectivity index (χ1v) is 11.6. The van der Waals surface area contributed by atoms with Crippen molar-refractivity contribution < 1.29 is 18.7 Å². The van der Waals surface area contributed by atoms with Crippen LogP contribution >= 0.6 is 0 Å². The number of anilines is 1. The first kappa shape index (κ1) is 23.4. The second kappa shape index (κ2) is 9.00. The molecule has 0 radical (unpaired) electrons. The number of methoxy groups -OCH3 is 1. The van der Waals surface area contributed by atoms with E-state index >= 15 is 0 Å². The Bertz CT molecular complexity index is 1570. The van der Waals surface area contributed by atoms with E-state index < -0.39 is 11.9 Å². The van der Waals surface area contributed by atoms with E-state index in [9.17, 15) is 9.59 Å². The van der Waals surface area contributed by atoms with Crippen molar-refractivity contribution in [3.63, 3.8) is 0 Å². The number of fused-ring (bicyclic) bond motifs is 2. The van der Waals surface area contributed by atoms with Crippen molar-refractivity contribution in [2.45, 2.75) is 26.8 Å². The van der Waals surface area contributed by atoms with Gasteiger partial charge in [0.2, 0.25) is 5.76 Å². The van der Waals surface area contributed by atoms with Gasteiger partial charge in [0.15, 0.2) is 16.9 Å². The summed E-state index contributed by atoms with van der Waals surface area (Å²) >= 11 is 0. The molecule has 7 nitrogen and oxygen atoms in total. The fourth-order valence-electron chi connectivity index (χ4n) is 4.50. The van der Waals surface area contributed by atoms with Crippen LogP contribution in [-0.4, -0.2) is 24.6 Å². The monoisotopic (exact) mass is 482 g/mol. The molecule has 3 heterocycles. The Morgan fingerprint density at radius 3 is 2.53 bits per heavy atom. The van der Waals surface area contributed by atoms with E-state index in [2.05, 4.69) is 11.6 Å². The zero-order valence-corrected chi connectivity index (χ0v) is 20.6. The van der Waals surface area contributed by atoms with Gasteiger partial charge in [0.1, 0.15) is 18.0 Å². The van der Waals surface area contributed by atoms with Crippen LogP contribution in [0, 0.1) is 20.8 Å². The number of rotatable bonds is 6. The second-order valence-corrected chi connectivity index (χ2v) is 8.89. The zero-order valence-electron chi connectivity index (χ0n) is 20.6. The van der Waals surface area contributed by atoms with E-state index in [-0.39, 0.29) is 16.8 Å². The molecular weight excluding hydrogens is 456 g/mol. The summed E-state index contributed by atoms with van der Waals surface area (Å²) in [6.45, 7) is 9.80. The zero-order chi connectivity index (χ0) is 25.6. The minimum Gasteiger partial charge on any atom is -0.493 e. The molecule has 0 N–H and O–H groups in total. The lowest BCUT2D eigenvalue weighted by Gasteiger charge is -2.25. The maximum absolute atomic E-state index is 13.9. The van der Waals surface area contributed by atoms with Crippen molar-refractivity contribution in [2.24, 2.45) is 0 Å². The Morgan fingerprint density at radius 2 is 1.83 bits per heavy atom. The molecule has 2 aromatic heterocycles. The number of aromatic nitrogens is 1. The summed E-state index contributed by atoms with van der Waals surface area (Å²) in [5.41, 5.74) is 3.99. The molecule has 36 heavy (non-hydrogen) atoms. The van der Waals surface area contributed by atoms with Gasteiger partial charge in [-0.2, -0.15) is 0 Å². The fraction of sp³-hybridized carbons (Fsp3) is 0.207. The third-order valence-corrected chi connectivity index (χ3v) is 6.49. The molecule has 182 valence electrons. The van der Waals surface area contributed by atoms with Crippen molar-refractivity contribution in [2.75, 3.05) is 18.6 Å². The molecule has 1 aliphatic rings. The van der Waals surface area contributed by atoms with Gasteiger partial charge in [0.05, 0.1) is 24.1 Å². The number of carbonyl (C=O) groups excluding carboxylic acids is 1. The van der Waals surface area contributed by atoms with E-state index in [0.29, 0.717) is 40.5 Å². The average molecular weight is 483 g/mol. The molecule has 2 aromatic carbocycles. The third-order valence-electron chi connectivity index (χ3n) is 6.49. The minimum atomic E-state index is -0.757. The molecule has 0 fully saturated rings. The number of amides is 1. The van der Waals surface area contributed by atoms with Crippen LogP contribution < -0.4 is 19.8 Å². The van der Waals surface area contributed by atoms with Gasteiger partial charge in [-0.05, 0) is 73.4 Å². The standard InChI is InChI=1S/C29H26N2O5/c1-6-11-35-21-9-8-19(14-23(21)34-5)26-25-27(32)20-12-17(3)18(4)13-22(20)36-28(25)29(33)31(26)24-10-7-16(2)15-30-24/h6-10,12-15,26H,1,11H2,2-5H3. The summed E-state index contributed by atoms with van der Waals surface area (Å²) in [6.07, 6.45) is 3.33. The Morgan fingerprint density at radius 1 is 1.06 bits per heavy atom. The molecule has 0 saturated heterocycles. The predicted molar refractivity (Wildman–Crippen MR) is 138 cm³/mol. The molecule has 5 rings (SSSR count). The SMILES string of the molecule is C=CCOc1ccc(C2c3c(oc4cc(C)c(C)cc4c3=O)C(=O)N2c2ccc(C)cn2)cc1OC. The lowest BCUT2D eigenvalue weighted by molar-refractivity contribution is 0.0970. The highest BCUT2D eigenvalue weighted by atomic mass is 16.5. The van der Waals surface area contributed by atoms with Gasteiger partial charge in [0, 0.05) is 6.20 Å². The third kappa shape index (κ3) is 3.73. The molecule has 1 aliphatic heterocycles. The van der Waals surface area contributed by atoms with Crippen LogP contribution in [0.5, 0.6) is 11.5 Å². The summed E-state index contributed by atoms with van der Waals surface area (Å²) in [6, 6.07) is 11.9. The number of aryl methyl sites for hydroxylation is 3. The van der Waals surface area contributed by atoms with Crippen LogP contribution in [0.25, 0.3) is 11.0 Å².